The molecule has 0 saturated carbocycles. The van der Waals surface area contributed by atoms with Gasteiger partial charge in [0.05, 0.1) is 11.1 Å². The molecule has 140 valence electrons. The summed E-state index contributed by atoms with van der Waals surface area (Å²) in [6.45, 7) is 7.03. The number of hydrogen-bond acceptors (Lipinski definition) is 3. The van der Waals surface area contributed by atoms with Crippen LogP contribution in [0, 0.1) is 5.92 Å². The fourth-order valence-electron chi connectivity index (χ4n) is 2.30. The summed E-state index contributed by atoms with van der Waals surface area (Å²) in [5.74, 6) is 1.79. The van der Waals surface area contributed by atoms with Gasteiger partial charge >= 0.3 is 0 Å². The Balaban J connectivity index is 1.85. The number of benzene rings is 2. The van der Waals surface area contributed by atoms with Crippen LogP contribution in [-0.2, 0) is 11.2 Å². The lowest BCUT2D eigenvalue weighted by atomic mass is 10.1. The average Bonchev–Trinajstić information content (AvgIpc) is 2.60. The van der Waals surface area contributed by atoms with Crippen molar-refractivity contribution in [2.24, 2.45) is 5.92 Å². The quantitative estimate of drug-likeness (QED) is 0.587. The Bertz CT molecular complexity index is 731. The molecule has 2 aromatic rings. The molecule has 1 N–H and O–H groups in total. The van der Waals surface area contributed by atoms with Crippen LogP contribution in [0.3, 0.4) is 0 Å². The first-order valence-corrected chi connectivity index (χ1v) is 9.71. The zero-order valence-corrected chi connectivity index (χ0v) is 17.1. The van der Waals surface area contributed by atoms with Crippen molar-refractivity contribution in [2.75, 3.05) is 18.5 Å². The fourth-order valence-corrected chi connectivity index (χ4v) is 2.84. The lowest BCUT2D eigenvalue weighted by Crippen LogP contribution is -2.20. The fraction of sp³-hybridized carbons (Fsp3) is 0.381. The molecule has 0 aliphatic rings. The van der Waals surface area contributed by atoms with Gasteiger partial charge in [-0.15, -0.1) is 0 Å². The summed E-state index contributed by atoms with van der Waals surface area (Å²) in [4.78, 5) is 12.1. The summed E-state index contributed by atoms with van der Waals surface area (Å²) in [6.07, 6.45) is 1.95. The predicted molar refractivity (Wildman–Crippen MR) is 109 cm³/mol. The van der Waals surface area contributed by atoms with E-state index in [0.29, 0.717) is 24.0 Å². The Hall–Kier alpha value is -2.01. The number of carbonyl (C=O) groups excluding carboxylic acids is 1. The van der Waals surface area contributed by atoms with Crippen molar-refractivity contribution in [3.63, 3.8) is 0 Å². The summed E-state index contributed by atoms with van der Waals surface area (Å²) in [7, 11) is 0. The molecule has 2 rings (SSSR count). The van der Waals surface area contributed by atoms with E-state index in [0.717, 1.165) is 23.1 Å². The standard InChI is InChI=1S/C21H26BrNO3/c1-4-16-8-9-20(19(22)12-16)26-14-21(24)23-17-6-5-7-18(13-17)25-11-10-15(2)3/h5-9,12-13,15H,4,10-11,14H2,1-3H3,(H,23,24). The van der Waals surface area contributed by atoms with Gasteiger partial charge in [-0.25, -0.2) is 0 Å². The van der Waals surface area contributed by atoms with E-state index in [9.17, 15) is 4.79 Å². The normalized spacial score (nSPS) is 10.7. The average molecular weight is 420 g/mol. The summed E-state index contributed by atoms with van der Waals surface area (Å²) in [6, 6.07) is 13.3. The van der Waals surface area contributed by atoms with Gasteiger partial charge < -0.3 is 14.8 Å². The molecule has 26 heavy (non-hydrogen) atoms. The van der Waals surface area contributed by atoms with Crippen molar-refractivity contribution in [2.45, 2.75) is 33.6 Å². The second kappa shape index (κ2) is 10.2. The van der Waals surface area contributed by atoms with E-state index in [1.165, 1.54) is 5.56 Å². The van der Waals surface area contributed by atoms with Gasteiger partial charge in [-0.2, -0.15) is 0 Å². The maximum atomic E-state index is 12.1. The number of rotatable bonds is 9. The van der Waals surface area contributed by atoms with Gasteiger partial charge in [0.2, 0.25) is 0 Å². The molecule has 0 saturated heterocycles. The third-order valence-corrected chi connectivity index (χ3v) is 4.46. The lowest BCUT2D eigenvalue weighted by Gasteiger charge is -2.11. The number of nitrogens with one attached hydrogen (secondary N) is 1. The second-order valence-corrected chi connectivity index (χ2v) is 7.37. The van der Waals surface area contributed by atoms with Gasteiger partial charge in [0.25, 0.3) is 5.91 Å². The number of hydrogen-bond donors (Lipinski definition) is 1. The highest BCUT2D eigenvalue weighted by molar-refractivity contribution is 9.10. The van der Waals surface area contributed by atoms with E-state index < -0.39 is 0 Å². The van der Waals surface area contributed by atoms with Gasteiger partial charge in [-0.05, 0) is 64.5 Å². The van der Waals surface area contributed by atoms with Gasteiger partial charge in [0.15, 0.2) is 6.61 Å². The molecule has 0 atom stereocenters. The van der Waals surface area contributed by atoms with E-state index in [4.69, 9.17) is 9.47 Å². The van der Waals surface area contributed by atoms with Crippen molar-refractivity contribution in [3.8, 4) is 11.5 Å². The first kappa shape index (κ1) is 20.3. The number of aryl methyl sites for hydroxylation is 1. The molecule has 0 unspecified atom stereocenters. The van der Waals surface area contributed by atoms with Gasteiger partial charge in [0, 0.05) is 11.8 Å². The highest BCUT2D eigenvalue weighted by Crippen LogP contribution is 2.26. The number of anilines is 1. The molecule has 5 heteroatoms. The maximum absolute atomic E-state index is 12.1. The minimum Gasteiger partial charge on any atom is -0.494 e. The van der Waals surface area contributed by atoms with E-state index in [2.05, 4.69) is 42.0 Å². The van der Waals surface area contributed by atoms with Crippen LogP contribution in [0.1, 0.15) is 32.8 Å². The van der Waals surface area contributed by atoms with Crippen LogP contribution in [-0.4, -0.2) is 19.1 Å². The van der Waals surface area contributed by atoms with Crippen LogP contribution in [0.15, 0.2) is 46.9 Å². The molecule has 0 aromatic heterocycles. The molecule has 2 aromatic carbocycles. The Morgan fingerprint density at radius 1 is 1.15 bits per heavy atom. The molecule has 0 fully saturated rings. The van der Waals surface area contributed by atoms with Crippen LogP contribution in [0.2, 0.25) is 0 Å². The minimum absolute atomic E-state index is 0.0531. The summed E-state index contributed by atoms with van der Waals surface area (Å²) < 4.78 is 12.2. The summed E-state index contributed by atoms with van der Waals surface area (Å²) in [5, 5.41) is 2.83. The van der Waals surface area contributed by atoms with Crippen molar-refractivity contribution < 1.29 is 14.3 Å². The third kappa shape index (κ3) is 6.71. The van der Waals surface area contributed by atoms with Gasteiger partial charge in [-0.3, -0.25) is 4.79 Å². The second-order valence-electron chi connectivity index (χ2n) is 6.51. The third-order valence-electron chi connectivity index (χ3n) is 3.85. The first-order chi connectivity index (χ1) is 12.5. The number of carbonyl (C=O) groups is 1. The topological polar surface area (TPSA) is 47.6 Å². The summed E-state index contributed by atoms with van der Waals surface area (Å²) >= 11 is 3.48. The van der Waals surface area contributed by atoms with Crippen LogP contribution in [0.25, 0.3) is 0 Å². The molecule has 0 aliphatic heterocycles. The van der Waals surface area contributed by atoms with E-state index in [1.54, 1.807) is 0 Å². The van der Waals surface area contributed by atoms with Crippen LogP contribution >= 0.6 is 15.9 Å². The number of ether oxygens (including phenoxy) is 2. The molecular formula is C21H26BrNO3. The Morgan fingerprint density at radius 3 is 2.65 bits per heavy atom. The van der Waals surface area contributed by atoms with Gasteiger partial charge in [-0.1, -0.05) is 32.9 Å². The minimum atomic E-state index is -0.212. The van der Waals surface area contributed by atoms with Crippen molar-refractivity contribution in [1.82, 2.24) is 0 Å². The van der Waals surface area contributed by atoms with Gasteiger partial charge in [0.1, 0.15) is 11.5 Å². The lowest BCUT2D eigenvalue weighted by molar-refractivity contribution is -0.118. The van der Waals surface area contributed by atoms with E-state index >= 15 is 0 Å². The molecule has 0 heterocycles. The van der Waals surface area contributed by atoms with Crippen LogP contribution in [0.4, 0.5) is 5.69 Å². The van der Waals surface area contributed by atoms with Crippen molar-refractivity contribution in [1.29, 1.82) is 0 Å². The molecule has 0 aliphatic carbocycles. The van der Waals surface area contributed by atoms with Crippen LogP contribution in [0.5, 0.6) is 11.5 Å². The van der Waals surface area contributed by atoms with Crippen molar-refractivity contribution >= 4 is 27.5 Å². The Morgan fingerprint density at radius 2 is 1.96 bits per heavy atom. The van der Waals surface area contributed by atoms with E-state index in [-0.39, 0.29) is 12.5 Å². The molecule has 4 nitrogen and oxygen atoms in total. The van der Waals surface area contributed by atoms with Crippen LogP contribution < -0.4 is 14.8 Å². The smallest absolute Gasteiger partial charge is 0.262 e. The summed E-state index contributed by atoms with van der Waals surface area (Å²) in [5.41, 5.74) is 1.91. The predicted octanol–water partition coefficient (Wildman–Crippen LogP) is 5.45. The highest BCUT2D eigenvalue weighted by Gasteiger charge is 2.08. The van der Waals surface area contributed by atoms with E-state index in [1.807, 2.05) is 42.5 Å². The largest absolute Gasteiger partial charge is 0.494 e. The molecule has 0 spiro atoms. The SMILES string of the molecule is CCc1ccc(OCC(=O)Nc2cccc(OCCC(C)C)c2)c(Br)c1. The monoisotopic (exact) mass is 419 g/mol. The zero-order chi connectivity index (χ0) is 18.9. The zero-order valence-electron chi connectivity index (χ0n) is 15.5. The Kier molecular flexibility index (Phi) is 7.98. The first-order valence-electron chi connectivity index (χ1n) is 8.92. The highest BCUT2D eigenvalue weighted by atomic mass is 79.9. The number of amides is 1. The Labute approximate surface area is 164 Å². The van der Waals surface area contributed by atoms with Crippen molar-refractivity contribution in [3.05, 3.63) is 52.5 Å². The molecule has 1 amide bonds. The molecule has 0 radical (unpaired) electrons. The number of halogens is 1. The maximum Gasteiger partial charge on any atom is 0.262 e. The molecule has 0 bridgehead atoms. The molecular weight excluding hydrogens is 394 g/mol.